The summed E-state index contributed by atoms with van der Waals surface area (Å²) in [6, 6.07) is 0. The van der Waals surface area contributed by atoms with Gasteiger partial charge in [-0.15, -0.1) is 0 Å². The first-order valence-electron chi connectivity index (χ1n) is 5.01. The maximum Gasteiger partial charge on any atom is 0.332 e. The number of ketones is 1. The van der Waals surface area contributed by atoms with E-state index in [9.17, 15) is 9.59 Å². The highest BCUT2D eigenvalue weighted by atomic mass is 16.6. The smallest absolute Gasteiger partial charge is 0.332 e. The fourth-order valence-electron chi connectivity index (χ4n) is 1.12. The van der Waals surface area contributed by atoms with Crippen molar-refractivity contribution in [3.8, 4) is 0 Å². The fourth-order valence-corrected chi connectivity index (χ4v) is 1.12. The SMILES string of the molecule is CCCCOC(=O)COC1CC(=O)C1. The van der Waals surface area contributed by atoms with E-state index in [1.54, 1.807) is 0 Å². The molecule has 0 atom stereocenters. The summed E-state index contributed by atoms with van der Waals surface area (Å²) in [7, 11) is 0. The number of ether oxygens (including phenoxy) is 2. The Labute approximate surface area is 83.6 Å². The quantitative estimate of drug-likeness (QED) is 0.475. The highest BCUT2D eigenvalue weighted by Gasteiger charge is 2.27. The van der Waals surface area contributed by atoms with Gasteiger partial charge in [0.2, 0.25) is 0 Å². The molecule has 0 aromatic carbocycles. The van der Waals surface area contributed by atoms with Crippen LogP contribution in [0.15, 0.2) is 0 Å². The van der Waals surface area contributed by atoms with Crippen molar-refractivity contribution in [1.82, 2.24) is 0 Å². The third-order valence-corrected chi connectivity index (χ3v) is 2.11. The molecule has 0 saturated heterocycles. The summed E-state index contributed by atoms with van der Waals surface area (Å²) in [4.78, 5) is 21.6. The largest absolute Gasteiger partial charge is 0.464 e. The molecule has 0 N–H and O–H groups in total. The molecule has 0 amide bonds. The normalized spacial score (nSPS) is 16.5. The molecule has 0 aliphatic heterocycles. The molecule has 0 bridgehead atoms. The van der Waals surface area contributed by atoms with Crippen molar-refractivity contribution in [2.24, 2.45) is 0 Å². The van der Waals surface area contributed by atoms with Crippen LogP contribution in [0.1, 0.15) is 32.6 Å². The minimum atomic E-state index is -0.335. The molecule has 1 saturated carbocycles. The van der Waals surface area contributed by atoms with E-state index in [0.29, 0.717) is 19.4 Å². The van der Waals surface area contributed by atoms with Crippen LogP contribution in [-0.2, 0) is 19.1 Å². The van der Waals surface area contributed by atoms with Crippen molar-refractivity contribution >= 4 is 11.8 Å². The molecular formula is C10H16O4. The molecule has 0 aromatic heterocycles. The predicted octanol–water partition coefficient (Wildman–Crippen LogP) is 1.08. The van der Waals surface area contributed by atoms with E-state index in [2.05, 4.69) is 0 Å². The van der Waals surface area contributed by atoms with Gasteiger partial charge in [-0.05, 0) is 6.42 Å². The second-order valence-electron chi connectivity index (χ2n) is 3.45. The van der Waals surface area contributed by atoms with Crippen molar-refractivity contribution in [3.05, 3.63) is 0 Å². The van der Waals surface area contributed by atoms with Gasteiger partial charge in [-0.3, -0.25) is 4.79 Å². The lowest BCUT2D eigenvalue weighted by molar-refractivity contribution is -0.156. The van der Waals surface area contributed by atoms with E-state index in [1.807, 2.05) is 6.92 Å². The van der Waals surface area contributed by atoms with E-state index in [1.165, 1.54) is 0 Å². The van der Waals surface area contributed by atoms with Gasteiger partial charge < -0.3 is 9.47 Å². The van der Waals surface area contributed by atoms with Crippen molar-refractivity contribution < 1.29 is 19.1 Å². The molecule has 1 fully saturated rings. The van der Waals surface area contributed by atoms with Crippen LogP contribution in [0.5, 0.6) is 0 Å². The third-order valence-electron chi connectivity index (χ3n) is 2.11. The maximum absolute atomic E-state index is 11.0. The number of hydrogen-bond donors (Lipinski definition) is 0. The van der Waals surface area contributed by atoms with Gasteiger partial charge in [-0.25, -0.2) is 4.79 Å². The summed E-state index contributed by atoms with van der Waals surface area (Å²) in [6.45, 7) is 2.47. The lowest BCUT2D eigenvalue weighted by atomic mass is 9.94. The summed E-state index contributed by atoms with van der Waals surface area (Å²) in [6.07, 6.45) is 2.73. The zero-order valence-corrected chi connectivity index (χ0v) is 8.45. The molecule has 1 aliphatic carbocycles. The number of Topliss-reactive ketones (excluding diaryl/α,β-unsaturated/α-hetero) is 1. The van der Waals surface area contributed by atoms with Crippen LogP contribution in [0.2, 0.25) is 0 Å². The van der Waals surface area contributed by atoms with E-state index in [-0.39, 0.29) is 24.5 Å². The molecule has 14 heavy (non-hydrogen) atoms. The predicted molar refractivity (Wildman–Crippen MR) is 49.8 cm³/mol. The standard InChI is InChI=1S/C10H16O4/c1-2-3-4-13-10(12)7-14-9-5-8(11)6-9/h9H,2-7H2,1H3. The van der Waals surface area contributed by atoms with Crippen LogP contribution in [0, 0.1) is 0 Å². The number of esters is 1. The Bertz CT molecular complexity index is 204. The lowest BCUT2D eigenvalue weighted by Crippen LogP contribution is -2.33. The average Bonchev–Trinajstić information content (AvgIpc) is 2.11. The highest BCUT2D eigenvalue weighted by Crippen LogP contribution is 2.17. The monoisotopic (exact) mass is 200 g/mol. The minimum absolute atomic E-state index is 0.0261. The van der Waals surface area contributed by atoms with Crippen LogP contribution >= 0.6 is 0 Å². The maximum atomic E-state index is 11.0. The van der Waals surface area contributed by atoms with Crippen molar-refractivity contribution in [3.63, 3.8) is 0 Å². The summed E-state index contributed by atoms with van der Waals surface area (Å²) in [5, 5.41) is 0. The molecule has 0 spiro atoms. The number of carbonyl (C=O) groups is 2. The molecule has 80 valence electrons. The van der Waals surface area contributed by atoms with Gasteiger partial charge in [0.25, 0.3) is 0 Å². The molecule has 0 aromatic rings. The van der Waals surface area contributed by atoms with E-state index in [0.717, 1.165) is 12.8 Å². The first-order valence-corrected chi connectivity index (χ1v) is 5.01. The molecule has 0 heterocycles. The summed E-state index contributed by atoms with van der Waals surface area (Å²) >= 11 is 0. The summed E-state index contributed by atoms with van der Waals surface area (Å²) < 4.78 is 10.0. The van der Waals surface area contributed by atoms with E-state index in [4.69, 9.17) is 9.47 Å². The second kappa shape index (κ2) is 5.75. The zero-order chi connectivity index (χ0) is 10.4. The van der Waals surface area contributed by atoms with Crippen molar-refractivity contribution in [2.45, 2.75) is 38.7 Å². The van der Waals surface area contributed by atoms with Crippen molar-refractivity contribution in [2.75, 3.05) is 13.2 Å². The first kappa shape index (κ1) is 11.2. The molecule has 0 unspecified atom stereocenters. The number of rotatable bonds is 6. The molecule has 4 nitrogen and oxygen atoms in total. The number of hydrogen-bond acceptors (Lipinski definition) is 4. The van der Waals surface area contributed by atoms with Gasteiger partial charge in [-0.1, -0.05) is 13.3 Å². The minimum Gasteiger partial charge on any atom is -0.464 e. The second-order valence-corrected chi connectivity index (χ2v) is 3.45. The Morgan fingerprint density at radius 2 is 2.21 bits per heavy atom. The Balaban J connectivity index is 1.95. The van der Waals surface area contributed by atoms with Crippen molar-refractivity contribution in [1.29, 1.82) is 0 Å². The lowest BCUT2D eigenvalue weighted by Gasteiger charge is -2.23. The fraction of sp³-hybridized carbons (Fsp3) is 0.800. The Hall–Kier alpha value is -0.900. The summed E-state index contributed by atoms with van der Waals surface area (Å²) in [5.74, 6) is -0.132. The number of carbonyl (C=O) groups excluding carboxylic acids is 2. The van der Waals surface area contributed by atoms with Crippen LogP contribution in [0.3, 0.4) is 0 Å². The Kier molecular flexibility index (Phi) is 4.59. The van der Waals surface area contributed by atoms with Crippen LogP contribution in [-0.4, -0.2) is 31.1 Å². The van der Waals surface area contributed by atoms with E-state index < -0.39 is 0 Å². The first-order chi connectivity index (χ1) is 6.72. The van der Waals surface area contributed by atoms with Crippen LogP contribution in [0.4, 0.5) is 0 Å². The van der Waals surface area contributed by atoms with Gasteiger partial charge in [0.15, 0.2) is 0 Å². The number of unbranched alkanes of at least 4 members (excludes halogenated alkanes) is 1. The molecule has 0 radical (unpaired) electrons. The van der Waals surface area contributed by atoms with Gasteiger partial charge in [0.1, 0.15) is 12.4 Å². The molecular weight excluding hydrogens is 184 g/mol. The van der Waals surface area contributed by atoms with E-state index >= 15 is 0 Å². The summed E-state index contributed by atoms with van der Waals surface area (Å²) in [5.41, 5.74) is 0. The van der Waals surface area contributed by atoms with Gasteiger partial charge in [-0.2, -0.15) is 0 Å². The van der Waals surface area contributed by atoms with Crippen LogP contribution < -0.4 is 0 Å². The highest BCUT2D eigenvalue weighted by molar-refractivity contribution is 5.85. The van der Waals surface area contributed by atoms with Gasteiger partial charge in [0, 0.05) is 12.8 Å². The third kappa shape index (κ3) is 3.87. The Morgan fingerprint density at radius 1 is 1.50 bits per heavy atom. The molecule has 1 aliphatic rings. The van der Waals surface area contributed by atoms with Gasteiger partial charge >= 0.3 is 5.97 Å². The van der Waals surface area contributed by atoms with Crippen LogP contribution in [0.25, 0.3) is 0 Å². The average molecular weight is 200 g/mol. The Morgan fingerprint density at radius 3 is 2.79 bits per heavy atom. The zero-order valence-electron chi connectivity index (χ0n) is 8.45. The molecule has 1 rings (SSSR count). The van der Waals surface area contributed by atoms with Gasteiger partial charge in [0.05, 0.1) is 12.7 Å². The topological polar surface area (TPSA) is 52.6 Å². The molecule has 4 heteroatoms.